The Morgan fingerprint density at radius 2 is 1.12 bits per heavy atom. The smallest absolute Gasteiger partial charge is 0.220 e. The summed E-state index contributed by atoms with van der Waals surface area (Å²) >= 11 is 0. The summed E-state index contributed by atoms with van der Waals surface area (Å²) < 4.78 is 34.7. The van der Waals surface area contributed by atoms with Crippen LogP contribution in [-0.4, -0.2) is 85.6 Å². The van der Waals surface area contributed by atoms with E-state index < -0.39 is 0 Å². The van der Waals surface area contributed by atoms with Crippen LogP contribution in [0.4, 0.5) is 0 Å². The van der Waals surface area contributed by atoms with Crippen molar-refractivity contribution < 1.29 is 42.6 Å². The first kappa shape index (κ1) is 47.2. The zero-order chi connectivity index (χ0) is 42.0. The molecule has 0 saturated heterocycles. The third kappa shape index (κ3) is 16.7. The van der Waals surface area contributed by atoms with E-state index in [1.54, 1.807) is 70.3 Å². The van der Waals surface area contributed by atoms with Crippen LogP contribution in [0.15, 0.2) is 78.8 Å². The molecule has 0 radical (unpaired) electrons. The van der Waals surface area contributed by atoms with E-state index in [1.165, 1.54) is 0 Å². The molecular formula is C44H59N4O8S2+. The van der Waals surface area contributed by atoms with Gasteiger partial charge in [0.05, 0.1) is 42.7 Å². The molecule has 14 heteroatoms. The van der Waals surface area contributed by atoms with E-state index in [4.69, 9.17) is 28.4 Å². The first-order valence-electron chi connectivity index (χ1n) is 19.1. The molecule has 3 aromatic rings. The van der Waals surface area contributed by atoms with Gasteiger partial charge in [-0.1, -0.05) is 52.0 Å². The van der Waals surface area contributed by atoms with Crippen molar-refractivity contribution in [3.8, 4) is 34.5 Å². The average Bonchev–Trinajstić information content (AvgIpc) is 3.25. The summed E-state index contributed by atoms with van der Waals surface area (Å²) in [5, 5.41) is 9.23. The van der Waals surface area contributed by atoms with Gasteiger partial charge in [-0.25, -0.2) is 4.57 Å². The van der Waals surface area contributed by atoms with Crippen molar-refractivity contribution in [3.05, 3.63) is 95.5 Å². The maximum Gasteiger partial charge on any atom is 0.220 e. The number of pyridine rings is 1. The molecule has 1 heterocycles. The minimum atomic E-state index is 0.0441. The number of allylic oxidation sites excluding steroid dienone is 4. The Hall–Kier alpha value is -5.21. The van der Waals surface area contributed by atoms with E-state index in [9.17, 15) is 9.59 Å². The van der Waals surface area contributed by atoms with Gasteiger partial charge < -0.3 is 44.4 Å². The summed E-state index contributed by atoms with van der Waals surface area (Å²) in [6, 6.07) is 11.4. The molecule has 3 rings (SSSR count). The summed E-state index contributed by atoms with van der Waals surface area (Å²) in [6.45, 7) is 4.64. The quantitative estimate of drug-likeness (QED) is 0.0314. The zero-order valence-electron chi connectivity index (χ0n) is 34.8. The molecule has 2 amide bonds. The van der Waals surface area contributed by atoms with Crippen LogP contribution in [0.25, 0.3) is 18.2 Å². The highest BCUT2D eigenvalue weighted by molar-refractivity contribution is 8.76. The standard InChI is InChI=1S/C44H58N4O8S2/c1-8-33(13-15-35-29-39(53-4)41(55-6)31-37(35)51-2)17-21-45-20-9-11-43(49)46-22-27-57-58-28-23-47-44(50)12-10-24-48-25-18-34(19-26-48)14-16-36-30-40(54-5)42(56-7)32-38(36)52-3/h8,13-19,21,25-26,29-32,45H,9-12,20,22-24,27-28H2,1-7H3,(H-,46,47,49,50)/p+1/b15-13+,16-14+,21-17-,33-8-. The minimum absolute atomic E-state index is 0.0441. The topological polar surface area (TPSA) is 129 Å². The lowest BCUT2D eigenvalue weighted by Gasteiger charge is -2.12. The molecular weight excluding hydrogens is 777 g/mol. The number of methoxy groups -OCH3 is 6. The van der Waals surface area contributed by atoms with Gasteiger partial charge in [0.25, 0.3) is 0 Å². The fourth-order valence-electron chi connectivity index (χ4n) is 5.49. The van der Waals surface area contributed by atoms with E-state index >= 15 is 0 Å². The number of amides is 2. The summed E-state index contributed by atoms with van der Waals surface area (Å²) in [7, 11) is 13.0. The normalized spacial score (nSPS) is 11.5. The van der Waals surface area contributed by atoms with Gasteiger partial charge >= 0.3 is 0 Å². The van der Waals surface area contributed by atoms with E-state index in [-0.39, 0.29) is 11.8 Å². The average molecular weight is 836 g/mol. The fourth-order valence-corrected chi connectivity index (χ4v) is 7.30. The van der Waals surface area contributed by atoms with Crippen molar-refractivity contribution >= 4 is 51.6 Å². The van der Waals surface area contributed by atoms with Gasteiger partial charge in [-0.15, -0.1) is 0 Å². The second kappa shape index (κ2) is 27.4. The van der Waals surface area contributed by atoms with Crippen molar-refractivity contribution in [2.45, 2.75) is 39.2 Å². The largest absolute Gasteiger partial charge is 0.496 e. The van der Waals surface area contributed by atoms with Crippen LogP contribution < -0.4 is 48.9 Å². The van der Waals surface area contributed by atoms with E-state index in [1.807, 2.05) is 92.3 Å². The Labute approximate surface area is 351 Å². The molecule has 2 aromatic carbocycles. The summed E-state index contributed by atoms with van der Waals surface area (Å²) in [4.78, 5) is 24.6. The fraction of sp³-hybridized carbons (Fsp3) is 0.386. The lowest BCUT2D eigenvalue weighted by atomic mass is 10.1. The monoisotopic (exact) mass is 835 g/mol. The second-order valence-corrected chi connectivity index (χ2v) is 15.3. The second-order valence-electron chi connectivity index (χ2n) is 12.6. The van der Waals surface area contributed by atoms with Gasteiger partial charge in [0, 0.05) is 85.8 Å². The van der Waals surface area contributed by atoms with Gasteiger partial charge in [-0.05, 0) is 48.9 Å². The van der Waals surface area contributed by atoms with Crippen LogP contribution >= 0.6 is 21.6 Å². The number of nitrogens with one attached hydrogen (secondary N) is 3. The maximum atomic E-state index is 12.3. The van der Waals surface area contributed by atoms with Gasteiger partial charge in [-0.2, -0.15) is 0 Å². The number of aromatic nitrogens is 1. The highest BCUT2D eigenvalue weighted by atomic mass is 33.1. The Kier molecular flexibility index (Phi) is 22.3. The molecule has 0 fully saturated rings. The van der Waals surface area contributed by atoms with Crippen LogP contribution in [0.2, 0.25) is 0 Å². The summed E-state index contributed by atoms with van der Waals surface area (Å²) in [6.07, 6.45) is 20.2. The lowest BCUT2D eigenvalue weighted by Crippen LogP contribution is -2.34. The summed E-state index contributed by atoms with van der Waals surface area (Å²) in [5.74, 6) is 5.57. The molecule has 0 unspecified atom stereocenters. The molecule has 1 aromatic heterocycles. The Morgan fingerprint density at radius 3 is 1.64 bits per heavy atom. The van der Waals surface area contributed by atoms with Crippen molar-refractivity contribution in [2.75, 3.05) is 73.8 Å². The van der Waals surface area contributed by atoms with E-state index in [0.717, 1.165) is 53.2 Å². The molecule has 58 heavy (non-hydrogen) atoms. The number of ether oxygens (including phenoxy) is 6. The van der Waals surface area contributed by atoms with E-state index in [0.29, 0.717) is 67.0 Å². The SMILES string of the molecule is C/C=C(\C=C/NCCCC(=O)NCCSSCCNC(=O)CCC[n+]1ccc(/C=C/c2cc(OC)c(OC)cc2OC)cc1)/C=C/c1cc(OC)c(OC)cc1OC. The molecule has 0 aliphatic carbocycles. The Bertz CT molecular complexity index is 1850. The maximum absolute atomic E-state index is 12.3. The molecule has 0 spiro atoms. The first-order chi connectivity index (χ1) is 28.3. The number of benzene rings is 2. The number of hydrogen-bond acceptors (Lipinski definition) is 11. The third-order valence-electron chi connectivity index (χ3n) is 8.67. The Balaban J connectivity index is 1.20. The highest BCUT2D eigenvalue weighted by Crippen LogP contribution is 2.36. The van der Waals surface area contributed by atoms with Gasteiger partial charge in [-0.3, -0.25) is 9.59 Å². The lowest BCUT2D eigenvalue weighted by molar-refractivity contribution is -0.697. The number of carbonyl (C=O) groups excluding carboxylic acids is 2. The molecule has 0 atom stereocenters. The Morgan fingerprint density at radius 1 is 0.621 bits per heavy atom. The number of nitrogens with zero attached hydrogens (tertiary/aromatic N) is 1. The number of rotatable bonds is 27. The molecule has 0 bridgehead atoms. The molecule has 12 nitrogen and oxygen atoms in total. The van der Waals surface area contributed by atoms with Crippen molar-refractivity contribution in [1.29, 1.82) is 0 Å². The van der Waals surface area contributed by atoms with Crippen molar-refractivity contribution in [2.24, 2.45) is 0 Å². The first-order valence-corrected chi connectivity index (χ1v) is 21.6. The molecule has 0 aliphatic heterocycles. The van der Waals surface area contributed by atoms with Crippen LogP contribution in [0.3, 0.4) is 0 Å². The zero-order valence-corrected chi connectivity index (χ0v) is 36.4. The predicted octanol–water partition coefficient (Wildman–Crippen LogP) is 7.13. The molecule has 314 valence electrons. The highest BCUT2D eigenvalue weighted by Gasteiger charge is 2.12. The van der Waals surface area contributed by atoms with E-state index in [2.05, 4.69) is 20.5 Å². The third-order valence-corrected chi connectivity index (χ3v) is 11.1. The van der Waals surface area contributed by atoms with Gasteiger partial charge in [0.15, 0.2) is 35.4 Å². The van der Waals surface area contributed by atoms with Crippen LogP contribution in [0.5, 0.6) is 34.5 Å². The number of carbonyl (C=O) groups is 2. The van der Waals surface area contributed by atoms with Crippen LogP contribution in [0, 0.1) is 0 Å². The number of aryl methyl sites for hydroxylation is 1. The summed E-state index contributed by atoms with van der Waals surface area (Å²) in [5.41, 5.74) is 3.80. The predicted molar refractivity (Wildman–Crippen MR) is 237 cm³/mol. The number of hydrogen-bond donors (Lipinski definition) is 3. The molecule has 0 aliphatic rings. The van der Waals surface area contributed by atoms with Crippen LogP contribution in [-0.2, 0) is 16.1 Å². The van der Waals surface area contributed by atoms with Crippen molar-refractivity contribution in [3.63, 3.8) is 0 Å². The van der Waals surface area contributed by atoms with Crippen molar-refractivity contribution in [1.82, 2.24) is 16.0 Å². The van der Waals surface area contributed by atoms with Crippen LogP contribution in [0.1, 0.15) is 49.3 Å². The minimum Gasteiger partial charge on any atom is -0.496 e. The van der Waals surface area contributed by atoms with Gasteiger partial charge in [0.2, 0.25) is 11.8 Å². The molecule has 3 N–H and O–H groups in total. The van der Waals surface area contributed by atoms with Gasteiger partial charge in [0.1, 0.15) is 18.0 Å². The molecule has 0 saturated carbocycles.